The SMILES string of the molecule is NC(N)=[NH+]CCC[C@H](N)C=O. The molecule has 5 nitrogen and oxygen atoms in total. The predicted octanol–water partition coefficient (Wildman–Crippen LogP) is -3.35. The first-order valence-electron chi connectivity index (χ1n) is 3.49. The molecule has 0 rings (SSSR count). The zero-order valence-corrected chi connectivity index (χ0v) is 6.42. The van der Waals surface area contributed by atoms with Crippen molar-refractivity contribution < 1.29 is 9.79 Å². The number of hydrogen-bond donors (Lipinski definition) is 4. The van der Waals surface area contributed by atoms with Crippen LogP contribution in [-0.4, -0.2) is 24.8 Å². The Bertz CT molecular complexity index is 142. The van der Waals surface area contributed by atoms with Crippen molar-refractivity contribution >= 4 is 12.2 Å². The van der Waals surface area contributed by atoms with E-state index >= 15 is 0 Å². The third-order valence-corrected chi connectivity index (χ3v) is 1.22. The number of nitrogens with two attached hydrogens (primary N) is 3. The van der Waals surface area contributed by atoms with Gasteiger partial charge in [-0.1, -0.05) is 0 Å². The topological polar surface area (TPSA) is 109 Å². The number of rotatable bonds is 5. The Morgan fingerprint density at radius 2 is 2.18 bits per heavy atom. The molecule has 11 heavy (non-hydrogen) atoms. The van der Waals surface area contributed by atoms with Crippen LogP contribution >= 0.6 is 0 Å². The summed E-state index contributed by atoms with van der Waals surface area (Å²) in [7, 11) is 0. The molecule has 0 aromatic carbocycles. The molecule has 0 saturated heterocycles. The van der Waals surface area contributed by atoms with Gasteiger partial charge in [-0.3, -0.25) is 16.5 Å². The molecule has 0 aromatic rings. The highest BCUT2D eigenvalue weighted by molar-refractivity contribution is 5.69. The zero-order valence-electron chi connectivity index (χ0n) is 6.42. The van der Waals surface area contributed by atoms with Crippen LogP contribution in [0.15, 0.2) is 0 Å². The van der Waals surface area contributed by atoms with E-state index in [9.17, 15) is 4.79 Å². The monoisotopic (exact) mass is 159 g/mol. The Morgan fingerprint density at radius 3 is 2.64 bits per heavy atom. The van der Waals surface area contributed by atoms with Gasteiger partial charge >= 0.3 is 5.96 Å². The average molecular weight is 159 g/mol. The predicted molar refractivity (Wildman–Crippen MR) is 42.5 cm³/mol. The Morgan fingerprint density at radius 1 is 1.55 bits per heavy atom. The minimum atomic E-state index is -0.365. The second-order valence-electron chi connectivity index (χ2n) is 2.32. The molecular formula is C6H15N4O+. The molecule has 0 spiro atoms. The zero-order chi connectivity index (χ0) is 8.69. The molecule has 0 unspecified atom stereocenters. The first kappa shape index (κ1) is 9.90. The highest BCUT2D eigenvalue weighted by atomic mass is 16.1. The Kier molecular flexibility index (Phi) is 5.10. The molecule has 0 aliphatic rings. The third kappa shape index (κ3) is 6.79. The van der Waals surface area contributed by atoms with E-state index in [1.54, 1.807) is 0 Å². The van der Waals surface area contributed by atoms with Crippen molar-refractivity contribution in [1.29, 1.82) is 0 Å². The average Bonchev–Trinajstić information content (AvgIpc) is 1.97. The molecule has 7 N–H and O–H groups in total. The van der Waals surface area contributed by atoms with Crippen LogP contribution in [0.4, 0.5) is 0 Å². The largest absolute Gasteiger partial charge is 0.338 e. The van der Waals surface area contributed by atoms with Crippen LogP contribution in [-0.2, 0) is 4.79 Å². The summed E-state index contributed by atoms with van der Waals surface area (Å²) >= 11 is 0. The summed E-state index contributed by atoms with van der Waals surface area (Å²) in [5.74, 6) is 0.199. The van der Waals surface area contributed by atoms with E-state index in [0.29, 0.717) is 13.0 Å². The molecule has 0 heterocycles. The maximum atomic E-state index is 10.0. The minimum absolute atomic E-state index is 0.199. The van der Waals surface area contributed by atoms with Gasteiger partial charge in [-0.2, -0.15) is 0 Å². The molecule has 0 fully saturated rings. The Balaban J connectivity index is 3.28. The van der Waals surface area contributed by atoms with Crippen molar-refractivity contribution in [2.24, 2.45) is 17.2 Å². The minimum Gasteiger partial charge on any atom is -0.322 e. The number of carbonyl (C=O) groups is 1. The fourth-order valence-corrected chi connectivity index (χ4v) is 0.639. The standard InChI is InChI=1S/C6H14N4O/c7-5(4-11)2-1-3-10-6(8)9/h4-5H,1-3,7H2,(H4,8,9,10)/p+1/t5-/m0/s1. The lowest BCUT2D eigenvalue weighted by Gasteiger charge is -1.99. The molecule has 0 saturated carbocycles. The summed E-state index contributed by atoms with van der Waals surface area (Å²) in [4.78, 5) is 12.8. The van der Waals surface area contributed by atoms with Crippen LogP contribution in [0.25, 0.3) is 0 Å². The van der Waals surface area contributed by atoms with Gasteiger partial charge < -0.3 is 10.5 Å². The van der Waals surface area contributed by atoms with E-state index < -0.39 is 0 Å². The summed E-state index contributed by atoms with van der Waals surface area (Å²) in [5.41, 5.74) is 15.6. The quantitative estimate of drug-likeness (QED) is 0.145. The van der Waals surface area contributed by atoms with Gasteiger partial charge in [0.15, 0.2) is 0 Å². The van der Waals surface area contributed by atoms with Gasteiger partial charge in [-0.15, -0.1) is 0 Å². The summed E-state index contributed by atoms with van der Waals surface area (Å²) < 4.78 is 0. The Labute approximate surface area is 65.6 Å². The lowest BCUT2D eigenvalue weighted by Crippen LogP contribution is -2.78. The normalized spacial score (nSPS) is 12.1. The molecular weight excluding hydrogens is 144 g/mol. The van der Waals surface area contributed by atoms with Crippen molar-refractivity contribution in [3.8, 4) is 0 Å². The third-order valence-electron chi connectivity index (χ3n) is 1.22. The summed E-state index contributed by atoms with van der Waals surface area (Å²) in [6.45, 7) is 0.657. The highest BCUT2D eigenvalue weighted by Crippen LogP contribution is 1.86. The number of aldehydes is 1. The van der Waals surface area contributed by atoms with Gasteiger partial charge in [-0.25, -0.2) is 0 Å². The van der Waals surface area contributed by atoms with E-state index in [1.165, 1.54) is 0 Å². The van der Waals surface area contributed by atoms with Crippen LogP contribution in [0.3, 0.4) is 0 Å². The van der Waals surface area contributed by atoms with E-state index in [-0.39, 0.29) is 12.0 Å². The Hall–Kier alpha value is -1.10. The molecule has 0 aliphatic heterocycles. The first-order chi connectivity index (χ1) is 5.16. The van der Waals surface area contributed by atoms with Crippen LogP contribution in [0.1, 0.15) is 12.8 Å². The van der Waals surface area contributed by atoms with E-state index in [1.807, 2.05) is 0 Å². The molecule has 5 heteroatoms. The molecule has 0 aromatic heterocycles. The number of guanidine groups is 1. The summed E-state index contributed by atoms with van der Waals surface area (Å²) in [6.07, 6.45) is 2.18. The van der Waals surface area contributed by atoms with Gasteiger partial charge in [0.1, 0.15) is 6.29 Å². The molecule has 0 radical (unpaired) electrons. The van der Waals surface area contributed by atoms with E-state index in [0.717, 1.165) is 12.7 Å². The van der Waals surface area contributed by atoms with Gasteiger partial charge in [0.2, 0.25) is 0 Å². The summed E-state index contributed by atoms with van der Waals surface area (Å²) in [6, 6.07) is -0.365. The van der Waals surface area contributed by atoms with Crippen LogP contribution in [0, 0.1) is 0 Å². The second-order valence-corrected chi connectivity index (χ2v) is 2.32. The highest BCUT2D eigenvalue weighted by Gasteiger charge is 1.98. The van der Waals surface area contributed by atoms with Crippen molar-refractivity contribution in [1.82, 2.24) is 0 Å². The molecule has 0 bridgehead atoms. The van der Waals surface area contributed by atoms with Crippen molar-refractivity contribution in [2.75, 3.05) is 6.54 Å². The fourth-order valence-electron chi connectivity index (χ4n) is 0.639. The second kappa shape index (κ2) is 5.67. The first-order valence-corrected chi connectivity index (χ1v) is 3.49. The lowest BCUT2D eigenvalue weighted by atomic mass is 10.2. The van der Waals surface area contributed by atoms with E-state index in [2.05, 4.69) is 4.99 Å². The molecule has 0 amide bonds. The van der Waals surface area contributed by atoms with E-state index in [4.69, 9.17) is 17.2 Å². The maximum Gasteiger partial charge on any atom is 0.338 e. The van der Waals surface area contributed by atoms with Crippen molar-refractivity contribution in [3.63, 3.8) is 0 Å². The van der Waals surface area contributed by atoms with Gasteiger partial charge in [0, 0.05) is 0 Å². The maximum absolute atomic E-state index is 10.0. The summed E-state index contributed by atoms with van der Waals surface area (Å²) in [5, 5.41) is 0. The molecule has 1 atom stereocenters. The van der Waals surface area contributed by atoms with Gasteiger partial charge in [-0.05, 0) is 12.8 Å². The number of carbonyl (C=O) groups excluding carboxylic acids is 1. The van der Waals surface area contributed by atoms with Crippen LogP contribution < -0.4 is 22.2 Å². The van der Waals surface area contributed by atoms with Crippen LogP contribution in [0.2, 0.25) is 0 Å². The fraction of sp³-hybridized carbons (Fsp3) is 0.667. The lowest BCUT2D eigenvalue weighted by molar-refractivity contribution is -0.459. The number of hydrogen-bond acceptors (Lipinski definition) is 2. The molecule has 64 valence electrons. The number of nitrogens with one attached hydrogen (secondary N) is 1. The van der Waals surface area contributed by atoms with Crippen LogP contribution in [0.5, 0.6) is 0 Å². The van der Waals surface area contributed by atoms with Crippen molar-refractivity contribution in [3.05, 3.63) is 0 Å². The van der Waals surface area contributed by atoms with Gasteiger partial charge in [0.25, 0.3) is 0 Å². The smallest absolute Gasteiger partial charge is 0.322 e. The van der Waals surface area contributed by atoms with Gasteiger partial charge in [0.05, 0.1) is 12.6 Å². The van der Waals surface area contributed by atoms with Crippen molar-refractivity contribution in [2.45, 2.75) is 18.9 Å². The molecule has 0 aliphatic carbocycles.